The van der Waals surface area contributed by atoms with Gasteiger partial charge in [-0.3, -0.25) is 9.13 Å². The Bertz CT molecular complexity index is 6410. The minimum Gasteiger partial charge on any atom is -0.292 e. The predicted octanol–water partition coefficient (Wildman–Crippen LogP) is 24.2. The number of thiophene rings is 2. The third kappa shape index (κ3) is 9.13. The number of rotatable bonds is 8. The van der Waals surface area contributed by atoms with Gasteiger partial charge in [0.1, 0.15) is 11.6 Å². The zero-order valence-corrected chi connectivity index (χ0v) is 53.3. The fraction of sp³-hybridized carbons (Fsp3) is 0. The predicted molar refractivity (Wildman–Crippen MR) is 406 cm³/mol. The highest BCUT2D eigenvalue weighted by atomic mass is 32.1. The molecular weight excluding hydrogens is 1210 g/mol. The number of hydrogen-bond acceptors (Lipinski definition) is 6. The van der Waals surface area contributed by atoms with Crippen molar-refractivity contribution < 1.29 is 0 Å². The summed E-state index contributed by atoms with van der Waals surface area (Å²) in [5, 5.41) is 12.4. The molecule has 6 nitrogen and oxygen atoms in total. The van der Waals surface area contributed by atoms with Gasteiger partial charge < -0.3 is 0 Å². The van der Waals surface area contributed by atoms with Crippen LogP contribution in [0.3, 0.4) is 0 Å². The number of para-hydroxylation sites is 7. The summed E-state index contributed by atoms with van der Waals surface area (Å²) in [6.07, 6.45) is 0. The van der Waals surface area contributed by atoms with E-state index in [1.54, 1.807) is 0 Å². The molecular formula is C88H54N6S2. The number of pyridine rings is 2. The van der Waals surface area contributed by atoms with Crippen LogP contribution >= 0.6 is 22.7 Å². The number of nitrogens with zero attached hydrogens (tertiary/aromatic N) is 6. The van der Waals surface area contributed by atoms with Gasteiger partial charge in [0, 0.05) is 117 Å². The van der Waals surface area contributed by atoms with E-state index in [1.807, 2.05) is 28.7 Å². The second-order valence-electron chi connectivity index (χ2n) is 24.3. The Labute approximate surface area is 560 Å². The summed E-state index contributed by atoms with van der Waals surface area (Å²) in [5.41, 5.74) is 19.6. The Kier molecular flexibility index (Phi) is 13.2. The fourth-order valence-electron chi connectivity index (χ4n) is 14.4. The zero-order valence-electron chi connectivity index (χ0n) is 51.7. The summed E-state index contributed by atoms with van der Waals surface area (Å²) in [7, 11) is 0. The highest BCUT2D eigenvalue weighted by Crippen LogP contribution is 2.50. The summed E-state index contributed by atoms with van der Waals surface area (Å²) in [6.45, 7) is 0. The molecule has 96 heavy (non-hydrogen) atoms. The second-order valence-corrected chi connectivity index (χ2v) is 26.4. The topological polar surface area (TPSA) is 61.4 Å². The van der Waals surface area contributed by atoms with Gasteiger partial charge in [-0.2, -0.15) is 0 Å². The summed E-state index contributed by atoms with van der Waals surface area (Å²) < 4.78 is 9.70. The molecule has 6 aromatic heterocycles. The summed E-state index contributed by atoms with van der Waals surface area (Å²) >= 11 is 3.75. The number of hydrogen-bond donors (Lipinski definition) is 0. The molecule has 0 amide bonds. The van der Waals surface area contributed by atoms with Gasteiger partial charge in [0.25, 0.3) is 0 Å². The van der Waals surface area contributed by atoms with E-state index in [0.717, 1.165) is 89.8 Å². The third-order valence-corrected chi connectivity index (χ3v) is 21.2. The summed E-state index contributed by atoms with van der Waals surface area (Å²) in [4.78, 5) is 20.7. The molecule has 0 fully saturated rings. The van der Waals surface area contributed by atoms with Crippen LogP contribution in [0.25, 0.3) is 185 Å². The first-order valence-corrected chi connectivity index (χ1v) is 34.0. The smallest absolute Gasteiger partial charge is 0.145 e. The van der Waals surface area contributed by atoms with E-state index in [-0.39, 0.29) is 0 Å². The van der Waals surface area contributed by atoms with Crippen LogP contribution in [0, 0.1) is 0 Å². The Morgan fingerprint density at radius 2 is 0.562 bits per heavy atom. The average Bonchev–Trinajstić information content (AvgIpc) is 1.41. The van der Waals surface area contributed by atoms with Gasteiger partial charge in [-0.1, -0.05) is 243 Å². The van der Waals surface area contributed by atoms with Crippen LogP contribution in [0.15, 0.2) is 328 Å². The van der Waals surface area contributed by atoms with Gasteiger partial charge in [-0.25, -0.2) is 19.9 Å². The number of benzene rings is 14. The van der Waals surface area contributed by atoms with Gasteiger partial charge in [0.2, 0.25) is 0 Å². The van der Waals surface area contributed by atoms with Crippen molar-refractivity contribution in [1.29, 1.82) is 0 Å². The Hall–Kier alpha value is -12.2. The van der Waals surface area contributed by atoms with Crippen molar-refractivity contribution in [2.24, 2.45) is 0 Å². The van der Waals surface area contributed by atoms with Gasteiger partial charge in [-0.05, 0) is 96.1 Å². The molecule has 0 saturated heterocycles. The van der Waals surface area contributed by atoms with Crippen LogP contribution in [0.2, 0.25) is 0 Å². The number of fused-ring (bicyclic) bond motifs is 16. The molecule has 448 valence electrons. The Balaban J connectivity index is 0.000000135. The van der Waals surface area contributed by atoms with Crippen molar-refractivity contribution >= 4 is 128 Å². The van der Waals surface area contributed by atoms with E-state index in [1.165, 1.54) is 94.9 Å². The van der Waals surface area contributed by atoms with E-state index in [2.05, 4.69) is 331 Å². The molecule has 0 spiro atoms. The molecule has 8 heteroatoms. The minimum absolute atomic E-state index is 0.932. The fourth-order valence-corrected chi connectivity index (χ4v) is 16.9. The standard InChI is InChI=1S/2C44H27N3S/c1-3-13-29(14-4-1)42-35-27-34(43-41(33-18-8-12-22-39(33)48-43)40(35)32-17-7-9-19-36(32)45-42)28-23-25-30(26-24-28)44-46-37-20-10-11-21-38(37)47(44)31-15-5-2-6-16-31;1-3-13-29(14-4-1)42-35-27-34(43-41(33-18-8-12-22-39(33)48-43)40(35)32-17-7-9-19-36(32)45-42)28-23-25-31(26-24-28)47-38-21-11-10-20-37(38)46-44(47)30-15-5-2-6-16-30/h2*1-27H. The Morgan fingerprint density at radius 3 is 1.02 bits per heavy atom. The van der Waals surface area contributed by atoms with E-state index >= 15 is 0 Å². The lowest BCUT2D eigenvalue weighted by atomic mass is 9.92. The molecule has 0 radical (unpaired) electrons. The van der Waals surface area contributed by atoms with Crippen molar-refractivity contribution in [3.05, 3.63) is 328 Å². The van der Waals surface area contributed by atoms with Crippen molar-refractivity contribution in [3.63, 3.8) is 0 Å². The first-order chi connectivity index (χ1) is 47.6. The maximum atomic E-state index is 5.29. The van der Waals surface area contributed by atoms with E-state index in [9.17, 15) is 0 Å². The van der Waals surface area contributed by atoms with Crippen LogP contribution in [-0.4, -0.2) is 29.1 Å². The van der Waals surface area contributed by atoms with Crippen molar-refractivity contribution in [2.45, 2.75) is 0 Å². The highest BCUT2D eigenvalue weighted by molar-refractivity contribution is 7.27. The minimum atomic E-state index is 0.932. The lowest BCUT2D eigenvalue weighted by Crippen LogP contribution is -1.97. The third-order valence-electron chi connectivity index (χ3n) is 18.8. The van der Waals surface area contributed by atoms with Crippen LogP contribution in [-0.2, 0) is 0 Å². The SMILES string of the molecule is c1ccc(-c2nc3ccccc3c3c2cc(-c2ccc(-c4nc5ccccc5n4-c4ccccc4)cc2)c2sc4ccccc4c23)cc1.c1ccc(-c2nc3ccccc3c3c2cc(-c2ccc(-n4c(-c5ccccc5)nc5ccccc54)cc2)c2sc4ccccc4c23)cc1. The second kappa shape index (κ2) is 22.8. The van der Waals surface area contributed by atoms with E-state index in [0.29, 0.717) is 0 Å². The van der Waals surface area contributed by atoms with Gasteiger partial charge in [0.15, 0.2) is 0 Å². The van der Waals surface area contributed by atoms with Crippen LogP contribution in [0.4, 0.5) is 0 Å². The van der Waals surface area contributed by atoms with Crippen LogP contribution < -0.4 is 0 Å². The molecule has 0 aliphatic rings. The molecule has 0 aliphatic heterocycles. The van der Waals surface area contributed by atoms with Crippen LogP contribution in [0.5, 0.6) is 0 Å². The van der Waals surface area contributed by atoms with Crippen LogP contribution in [0.1, 0.15) is 0 Å². The maximum absolute atomic E-state index is 5.29. The van der Waals surface area contributed by atoms with Crippen molar-refractivity contribution in [3.8, 4) is 78.9 Å². The lowest BCUT2D eigenvalue weighted by molar-refractivity contribution is 1.10. The van der Waals surface area contributed by atoms with Gasteiger partial charge in [0.05, 0.1) is 44.5 Å². The quantitative estimate of drug-likeness (QED) is 0.142. The largest absolute Gasteiger partial charge is 0.292 e. The molecule has 20 rings (SSSR count). The average molecular weight is 1260 g/mol. The molecule has 0 saturated carbocycles. The molecule has 0 unspecified atom stereocenters. The van der Waals surface area contributed by atoms with E-state index in [4.69, 9.17) is 19.9 Å². The normalized spacial score (nSPS) is 11.8. The van der Waals surface area contributed by atoms with Crippen molar-refractivity contribution in [2.75, 3.05) is 0 Å². The van der Waals surface area contributed by atoms with Gasteiger partial charge >= 0.3 is 0 Å². The molecule has 0 bridgehead atoms. The van der Waals surface area contributed by atoms with Crippen molar-refractivity contribution in [1.82, 2.24) is 29.1 Å². The molecule has 14 aromatic carbocycles. The first kappa shape index (κ1) is 55.4. The molecule has 0 N–H and O–H groups in total. The van der Waals surface area contributed by atoms with Gasteiger partial charge in [-0.15, -0.1) is 22.7 Å². The Morgan fingerprint density at radius 1 is 0.229 bits per heavy atom. The lowest BCUT2D eigenvalue weighted by Gasteiger charge is -2.15. The summed E-state index contributed by atoms with van der Waals surface area (Å²) in [6, 6.07) is 116. The molecule has 0 aliphatic carbocycles. The maximum Gasteiger partial charge on any atom is 0.145 e. The number of imidazole rings is 2. The molecule has 0 atom stereocenters. The monoisotopic (exact) mass is 1260 g/mol. The number of aromatic nitrogens is 6. The summed E-state index contributed by atoms with van der Waals surface area (Å²) in [5.74, 6) is 1.87. The highest BCUT2D eigenvalue weighted by Gasteiger charge is 2.24. The van der Waals surface area contributed by atoms with E-state index < -0.39 is 0 Å². The molecule has 20 aromatic rings. The first-order valence-electron chi connectivity index (χ1n) is 32.4. The molecule has 6 heterocycles. The zero-order chi connectivity index (χ0) is 63.2.